The molecule has 19 heavy (non-hydrogen) atoms. The van der Waals surface area contributed by atoms with Crippen molar-refractivity contribution >= 4 is 15.9 Å². The van der Waals surface area contributed by atoms with Crippen LogP contribution in [-0.2, 0) is 20.8 Å². The van der Waals surface area contributed by atoms with Crippen molar-refractivity contribution in [2.75, 3.05) is 13.2 Å². The summed E-state index contributed by atoms with van der Waals surface area (Å²) in [7, 11) is 0. The Balaban J connectivity index is 1.49. The Hall–Kier alpha value is -0.420. The first kappa shape index (κ1) is 13.6. The van der Waals surface area contributed by atoms with Gasteiger partial charge in [0.2, 0.25) is 0 Å². The number of ether oxygens (including phenoxy) is 3. The van der Waals surface area contributed by atoms with Gasteiger partial charge in [0, 0.05) is 17.3 Å². The van der Waals surface area contributed by atoms with E-state index < -0.39 is 0 Å². The number of benzene rings is 1. The number of halogens is 1. The Labute approximate surface area is 122 Å². The highest BCUT2D eigenvalue weighted by Gasteiger charge is 2.40. The summed E-state index contributed by atoms with van der Waals surface area (Å²) in [5, 5.41) is 0. The quantitative estimate of drug-likeness (QED) is 0.848. The predicted molar refractivity (Wildman–Crippen MR) is 75.8 cm³/mol. The number of rotatable bonds is 3. The van der Waals surface area contributed by atoms with Crippen LogP contribution in [-0.4, -0.2) is 25.1 Å². The van der Waals surface area contributed by atoms with E-state index in [2.05, 4.69) is 28.1 Å². The molecule has 0 radical (unpaired) electrons. The molecule has 1 heterocycles. The molecule has 1 aromatic rings. The zero-order chi connectivity index (χ0) is 13.1. The van der Waals surface area contributed by atoms with E-state index in [1.807, 2.05) is 12.1 Å². The zero-order valence-corrected chi connectivity index (χ0v) is 12.5. The normalized spacial score (nSPS) is 23.0. The number of hydrogen-bond donors (Lipinski definition) is 0. The molecule has 0 bridgehead atoms. The van der Waals surface area contributed by atoms with E-state index in [1.54, 1.807) is 0 Å². The van der Waals surface area contributed by atoms with Gasteiger partial charge in [-0.05, 0) is 24.5 Å². The van der Waals surface area contributed by atoms with Gasteiger partial charge in [-0.1, -0.05) is 34.1 Å². The molecular formula is C15H19BrO3. The minimum atomic E-state index is -0.285. The van der Waals surface area contributed by atoms with Gasteiger partial charge in [0.1, 0.15) is 0 Å². The Kier molecular flexibility index (Phi) is 4.22. The van der Waals surface area contributed by atoms with Crippen LogP contribution in [0.5, 0.6) is 0 Å². The second-order valence-electron chi connectivity index (χ2n) is 5.21. The Morgan fingerprint density at radius 3 is 2.53 bits per heavy atom. The van der Waals surface area contributed by atoms with Gasteiger partial charge in [-0.25, -0.2) is 0 Å². The second kappa shape index (κ2) is 5.92. The molecule has 1 aromatic carbocycles. The summed E-state index contributed by atoms with van der Waals surface area (Å²) in [6.45, 7) is 2.14. The Bertz CT molecular complexity index is 419. The van der Waals surface area contributed by atoms with Gasteiger partial charge >= 0.3 is 0 Å². The summed E-state index contributed by atoms with van der Waals surface area (Å²) in [6, 6.07) is 8.21. The first-order chi connectivity index (χ1) is 9.27. The van der Waals surface area contributed by atoms with Crippen molar-refractivity contribution in [2.45, 2.75) is 44.2 Å². The van der Waals surface area contributed by atoms with Gasteiger partial charge in [0.15, 0.2) is 5.79 Å². The molecule has 1 aliphatic heterocycles. The van der Waals surface area contributed by atoms with Crippen molar-refractivity contribution in [2.24, 2.45) is 0 Å². The summed E-state index contributed by atoms with van der Waals surface area (Å²) in [6.07, 6.45) is 4.27. The smallest absolute Gasteiger partial charge is 0.168 e. The topological polar surface area (TPSA) is 27.7 Å². The van der Waals surface area contributed by atoms with E-state index in [4.69, 9.17) is 14.2 Å². The maximum Gasteiger partial charge on any atom is 0.168 e. The molecule has 2 fully saturated rings. The number of hydrogen-bond acceptors (Lipinski definition) is 3. The van der Waals surface area contributed by atoms with Crippen LogP contribution in [0.15, 0.2) is 28.7 Å². The second-order valence-corrected chi connectivity index (χ2v) is 6.06. The average Bonchev–Trinajstić information content (AvgIpc) is 2.88. The lowest BCUT2D eigenvalue weighted by Gasteiger charge is -2.35. The molecular weight excluding hydrogens is 308 g/mol. The van der Waals surface area contributed by atoms with E-state index in [-0.39, 0.29) is 5.79 Å². The summed E-state index contributed by atoms with van der Waals surface area (Å²) in [4.78, 5) is 0. The fourth-order valence-electron chi connectivity index (χ4n) is 2.81. The predicted octanol–water partition coefficient (Wildman–Crippen LogP) is 3.65. The summed E-state index contributed by atoms with van der Waals surface area (Å²) >= 11 is 3.55. The van der Waals surface area contributed by atoms with Crippen LogP contribution in [0.1, 0.15) is 31.2 Å². The van der Waals surface area contributed by atoms with Crippen molar-refractivity contribution in [1.82, 2.24) is 0 Å². The Morgan fingerprint density at radius 1 is 1.16 bits per heavy atom. The van der Waals surface area contributed by atoms with Crippen LogP contribution >= 0.6 is 15.9 Å². The van der Waals surface area contributed by atoms with Crippen LogP contribution in [0.4, 0.5) is 0 Å². The first-order valence-corrected chi connectivity index (χ1v) is 7.70. The lowest BCUT2D eigenvalue weighted by atomic mass is 9.92. The van der Waals surface area contributed by atoms with Crippen molar-refractivity contribution in [1.29, 1.82) is 0 Å². The molecule has 0 N–H and O–H groups in total. The Morgan fingerprint density at radius 2 is 1.84 bits per heavy atom. The monoisotopic (exact) mass is 326 g/mol. The van der Waals surface area contributed by atoms with Crippen LogP contribution in [0, 0.1) is 0 Å². The van der Waals surface area contributed by atoms with Crippen LogP contribution in [0.25, 0.3) is 0 Å². The van der Waals surface area contributed by atoms with Crippen molar-refractivity contribution in [3.8, 4) is 0 Å². The van der Waals surface area contributed by atoms with Crippen LogP contribution in [0.2, 0.25) is 0 Å². The van der Waals surface area contributed by atoms with Crippen molar-refractivity contribution < 1.29 is 14.2 Å². The molecule has 2 aliphatic rings. The lowest BCUT2D eigenvalue weighted by Crippen LogP contribution is -2.37. The molecule has 0 atom stereocenters. The molecule has 0 aromatic heterocycles. The maximum atomic E-state index is 6.01. The maximum absolute atomic E-state index is 6.01. The van der Waals surface area contributed by atoms with Gasteiger partial charge in [-0.2, -0.15) is 0 Å². The zero-order valence-electron chi connectivity index (χ0n) is 10.9. The highest BCUT2D eigenvalue weighted by atomic mass is 79.9. The molecule has 1 saturated heterocycles. The molecule has 1 saturated carbocycles. The largest absolute Gasteiger partial charge is 0.373 e. The van der Waals surface area contributed by atoms with E-state index in [0.29, 0.717) is 12.7 Å². The third kappa shape index (κ3) is 3.19. The highest BCUT2D eigenvalue weighted by molar-refractivity contribution is 9.10. The van der Waals surface area contributed by atoms with Gasteiger partial charge in [0.25, 0.3) is 0 Å². The molecule has 3 rings (SSSR count). The van der Waals surface area contributed by atoms with Gasteiger partial charge in [0.05, 0.1) is 25.9 Å². The van der Waals surface area contributed by atoms with Crippen LogP contribution < -0.4 is 0 Å². The third-order valence-electron chi connectivity index (χ3n) is 3.94. The van der Waals surface area contributed by atoms with Gasteiger partial charge in [-0.15, -0.1) is 0 Å². The highest BCUT2D eigenvalue weighted by Crippen LogP contribution is 2.37. The van der Waals surface area contributed by atoms with E-state index in [1.165, 1.54) is 5.56 Å². The summed E-state index contributed by atoms with van der Waals surface area (Å²) < 4.78 is 18.6. The molecule has 4 heteroatoms. The van der Waals surface area contributed by atoms with Gasteiger partial charge in [-0.3, -0.25) is 0 Å². The summed E-state index contributed by atoms with van der Waals surface area (Å²) in [5.41, 5.74) is 1.20. The van der Waals surface area contributed by atoms with E-state index >= 15 is 0 Å². The molecule has 0 amide bonds. The van der Waals surface area contributed by atoms with Gasteiger partial charge < -0.3 is 14.2 Å². The fourth-order valence-corrected chi connectivity index (χ4v) is 3.21. The SMILES string of the molecule is Brc1ccccc1COC1CCC2(CC1)OCCO2. The molecule has 104 valence electrons. The van der Waals surface area contributed by atoms with E-state index in [0.717, 1.165) is 43.4 Å². The van der Waals surface area contributed by atoms with Crippen molar-refractivity contribution in [3.63, 3.8) is 0 Å². The van der Waals surface area contributed by atoms with Crippen molar-refractivity contribution in [3.05, 3.63) is 34.3 Å². The summed E-state index contributed by atoms with van der Waals surface area (Å²) in [5.74, 6) is -0.285. The fraction of sp³-hybridized carbons (Fsp3) is 0.600. The molecule has 1 spiro atoms. The minimum absolute atomic E-state index is 0.285. The lowest BCUT2D eigenvalue weighted by molar-refractivity contribution is -0.192. The third-order valence-corrected chi connectivity index (χ3v) is 4.71. The van der Waals surface area contributed by atoms with E-state index in [9.17, 15) is 0 Å². The molecule has 3 nitrogen and oxygen atoms in total. The first-order valence-electron chi connectivity index (χ1n) is 6.90. The molecule has 1 aliphatic carbocycles. The standard InChI is InChI=1S/C15H19BrO3/c16-14-4-2-1-3-12(14)11-17-13-5-7-15(8-6-13)18-9-10-19-15/h1-4,13H,5-11H2. The minimum Gasteiger partial charge on any atom is -0.373 e. The average molecular weight is 327 g/mol. The van der Waals surface area contributed by atoms with Crippen LogP contribution in [0.3, 0.4) is 0 Å². The molecule has 0 unspecified atom stereocenters.